The first-order chi connectivity index (χ1) is 18.7. The summed E-state index contributed by atoms with van der Waals surface area (Å²) in [5.74, 6) is -0.519. The zero-order valence-electron chi connectivity index (χ0n) is 22.6. The number of nitrogens with zero attached hydrogens (tertiary/aromatic N) is 3. The average molecular weight is 579 g/mol. The number of nitrogens with one attached hydrogen (secondary N) is 1. The van der Waals surface area contributed by atoms with E-state index in [1.54, 1.807) is 38.1 Å². The predicted molar refractivity (Wildman–Crippen MR) is 151 cm³/mol. The molecule has 0 spiro atoms. The van der Waals surface area contributed by atoms with Crippen LogP contribution in [0.25, 0.3) is 0 Å². The van der Waals surface area contributed by atoms with Gasteiger partial charge in [0.2, 0.25) is 20.0 Å². The summed E-state index contributed by atoms with van der Waals surface area (Å²) in [6, 6.07) is 10.8. The van der Waals surface area contributed by atoms with E-state index < -0.39 is 26.0 Å². The highest BCUT2D eigenvalue weighted by molar-refractivity contribution is 7.89. The number of carbonyl (C=O) groups is 1. The number of carbonyl (C=O) groups excluding carboxylic acids is 1. The van der Waals surface area contributed by atoms with Gasteiger partial charge in [0, 0.05) is 44.8 Å². The molecule has 2 heterocycles. The maximum Gasteiger partial charge on any atom is 0.255 e. The first kappa shape index (κ1) is 29.5. The van der Waals surface area contributed by atoms with E-state index in [0.29, 0.717) is 63.9 Å². The Labute approximate surface area is 232 Å². The van der Waals surface area contributed by atoms with E-state index >= 15 is 0 Å². The minimum atomic E-state index is -3.76. The molecule has 0 saturated carbocycles. The zero-order chi connectivity index (χ0) is 28.0. The molecule has 2 aliphatic heterocycles. The molecule has 2 aromatic rings. The number of rotatable bonds is 9. The van der Waals surface area contributed by atoms with Gasteiger partial charge < -0.3 is 15.0 Å². The Kier molecular flexibility index (Phi) is 9.65. The summed E-state index contributed by atoms with van der Waals surface area (Å²) >= 11 is 0. The molecule has 4 rings (SSSR count). The number of benzene rings is 2. The van der Waals surface area contributed by atoms with Crippen molar-refractivity contribution < 1.29 is 26.4 Å². The van der Waals surface area contributed by atoms with Crippen molar-refractivity contribution in [2.75, 3.05) is 62.7 Å². The van der Waals surface area contributed by atoms with Gasteiger partial charge in [0.1, 0.15) is 0 Å². The van der Waals surface area contributed by atoms with Gasteiger partial charge in [0.15, 0.2) is 0 Å². The lowest BCUT2D eigenvalue weighted by Crippen LogP contribution is -2.37. The monoisotopic (exact) mass is 578 g/mol. The van der Waals surface area contributed by atoms with Crippen LogP contribution in [-0.4, -0.2) is 83.8 Å². The normalized spacial score (nSPS) is 17.7. The van der Waals surface area contributed by atoms with E-state index in [-0.39, 0.29) is 15.4 Å². The van der Waals surface area contributed by atoms with Crippen LogP contribution in [0, 0.1) is 0 Å². The highest BCUT2D eigenvalue weighted by Gasteiger charge is 2.27. The van der Waals surface area contributed by atoms with Crippen LogP contribution in [0.3, 0.4) is 0 Å². The van der Waals surface area contributed by atoms with E-state index in [9.17, 15) is 21.6 Å². The Balaban J connectivity index is 1.66. The summed E-state index contributed by atoms with van der Waals surface area (Å²) in [5.41, 5.74) is 1.20. The minimum absolute atomic E-state index is 0.0725. The van der Waals surface area contributed by atoms with Crippen molar-refractivity contribution in [3.8, 4) is 0 Å². The molecule has 12 heteroatoms. The average Bonchev–Trinajstić information content (AvgIpc) is 3.24. The SMILES string of the molecule is CCN(CC)S(=O)(=O)c1ccc(N2CCOCC2)c(NC(=O)c2cccc(S(=O)(=O)N3CCCCCC3)c2)c1. The molecule has 2 fully saturated rings. The molecule has 0 aromatic heterocycles. The van der Waals surface area contributed by atoms with Crippen molar-refractivity contribution in [1.82, 2.24) is 8.61 Å². The molecule has 0 radical (unpaired) electrons. The minimum Gasteiger partial charge on any atom is -0.378 e. The smallest absolute Gasteiger partial charge is 0.255 e. The number of hydrogen-bond donors (Lipinski definition) is 1. The maximum absolute atomic E-state index is 13.4. The topological polar surface area (TPSA) is 116 Å². The van der Waals surface area contributed by atoms with Gasteiger partial charge in [0.25, 0.3) is 5.91 Å². The molecular formula is C27H38N4O6S2. The number of sulfonamides is 2. The fraction of sp³-hybridized carbons (Fsp3) is 0.519. The molecule has 10 nitrogen and oxygen atoms in total. The van der Waals surface area contributed by atoms with Gasteiger partial charge in [-0.3, -0.25) is 4.79 Å². The first-order valence-corrected chi connectivity index (χ1v) is 16.4. The molecule has 0 atom stereocenters. The van der Waals surface area contributed by atoms with Crippen molar-refractivity contribution in [3.63, 3.8) is 0 Å². The van der Waals surface area contributed by atoms with Crippen LogP contribution in [0.5, 0.6) is 0 Å². The van der Waals surface area contributed by atoms with Crippen LogP contribution in [0.4, 0.5) is 11.4 Å². The van der Waals surface area contributed by atoms with Crippen LogP contribution < -0.4 is 10.2 Å². The quantitative estimate of drug-likeness (QED) is 0.485. The largest absolute Gasteiger partial charge is 0.378 e. The summed E-state index contributed by atoms with van der Waals surface area (Å²) in [6.07, 6.45) is 3.64. The Bertz CT molecular complexity index is 1360. The summed E-state index contributed by atoms with van der Waals surface area (Å²) in [5, 5.41) is 2.87. The fourth-order valence-electron chi connectivity index (χ4n) is 4.99. The number of amides is 1. The van der Waals surface area contributed by atoms with E-state index in [4.69, 9.17) is 4.74 Å². The summed E-state index contributed by atoms with van der Waals surface area (Å²) in [7, 11) is -7.49. The highest BCUT2D eigenvalue weighted by atomic mass is 32.2. The third-order valence-corrected chi connectivity index (χ3v) is 11.2. The standard InChI is InChI=1S/C27H38N4O6S2/c1-3-30(4-2)38(33,34)24-12-13-26(29-16-18-37-19-17-29)25(21-24)28-27(32)22-10-9-11-23(20-22)39(35,36)31-14-7-5-6-8-15-31/h9-13,20-21H,3-8,14-19H2,1-2H3,(H,28,32). The van der Waals surface area contributed by atoms with Crippen molar-refractivity contribution in [3.05, 3.63) is 48.0 Å². The molecule has 0 unspecified atom stereocenters. The van der Waals surface area contributed by atoms with Gasteiger partial charge in [-0.05, 0) is 49.2 Å². The van der Waals surface area contributed by atoms with Gasteiger partial charge in [-0.1, -0.05) is 32.8 Å². The first-order valence-electron chi connectivity index (χ1n) is 13.6. The Morgan fingerprint density at radius 2 is 1.54 bits per heavy atom. The van der Waals surface area contributed by atoms with Crippen LogP contribution in [-0.2, 0) is 24.8 Å². The van der Waals surface area contributed by atoms with Gasteiger partial charge in [0.05, 0.1) is 34.4 Å². The molecule has 0 bridgehead atoms. The van der Waals surface area contributed by atoms with E-state index in [1.165, 1.54) is 26.8 Å². The van der Waals surface area contributed by atoms with E-state index in [1.807, 2.05) is 4.90 Å². The fourth-order valence-corrected chi connectivity index (χ4v) is 8.04. The number of hydrogen-bond acceptors (Lipinski definition) is 7. The third-order valence-electron chi connectivity index (χ3n) is 7.21. The van der Waals surface area contributed by atoms with E-state index in [2.05, 4.69) is 5.32 Å². The highest BCUT2D eigenvalue weighted by Crippen LogP contribution is 2.31. The predicted octanol–water partition coefficient (Wildman–Crippen LogP) is 3.37. The van der Waals surface area contributed by atoms with Crippen molar-refractivity contribution in [2.45, 2.75) is 49.3 Å². The second-order valence-corrected chi connectivity index (χ2v) is 13.5. The van der Waals surface area contributed by atoms with Gasteiger partial charge in [-0.2, -0.15) is 8.61 Å². The Hall–Kier alpha value is -2.51. The summed E-state index contributed by atoms with van der Waals surface area (Å²) < 4.78 is 61.4. The molecule has 2 saturated heterocycles. The van der Waals surface area contributed by atoms with Crippen molar-refractivity contribution >= 4 is 37.3 Å². The van der Waals surface area contributed by atoms with Crippen LogP contribution in [0.15, 0.2) is 52.3 Å². The summed E-state index contributed by atoms with van der Waals surface area (Å²) in [6.45, 7) is 7.35. The van der Waals surface area contributed by atoms with Gasteiger partial charge >= 0.3 is 0 Å². The molecule has 39 heavy (non-hydrogen) atoms. The molecular weight excluding hydrogens is 540 g/mol. The second kappa shape index (κ2) is 12.8. The van der Waals surface area contributed by atoms with Gasteiger partial charge in [-0.25, -0.2) is 16.8 Å². The molecule has 1 amide bonds. The third kappa shape index (κ3) is 6.63. The van der Waals surface area contributed by atoms with Crippen LogP contribution in [0.1, 0.15) is 49.9 Å². The van der Waals surface area contributed by atoms with Crippen LogP contribution in [0.2, 0.25) is 0 Å². The lowest BCUT2D eigenvalue weighted by atomic mass is 10.2. The molecule has 1 N–H and O–H groups in total. The van der Waals surface area contributed by atoms with Crippen molar-refractivity contribution in [2.24, 2.45) is 0 Å². The van der Waals surface area contributed by atoms with Crippen molar-refractivity contribution in [1.29, 1.82) is 0 Å². The molecule has 2 aromatic carbocycles. The molecule has 0 aliphatic carbocycles. The Morgan fingerprint density at radius 3 is 2.18 bits per heavy atom. The lowest BCUT2D eigenvalue weighted by Gasteiger charge is -2.31. The number of anilines is 2. The van der Waals surface area contributed by atoms with Crippen LogP contribution >= 0.6 is 0 Å². The maximum atomic E-state index is 13.4. The summed E-state index contributed by atoms with van der Waals surface area (Å²) in [4.78, 5) is 15.6. The lowest BCUT2D eigenvalue weighted by molar-refractivity contribution is 0.102. The Morgan fingerprint density at radius 1 is 0.872 bits per heavy atom. The zero-order valence-corrected chi connectivity index (χ0v) is 24.3. The number of morpholine rings is 1. The molecule has 214 valence electrons. The van der Waals surface area contributed by atoms with E-state index in [0.717, 1.165) is 25.7 Å². The molecule has 2 aliphatic rings. The number of ether oxygens (including phenoxy) is 1. The second-order valence-electron chi connectivity index (χ2n) is 9.67. The van der Waals surface area contributed by atoms with Gasteiger partial charge in [-0.15, -0.1) is 0 Å².